The molecule has 0 spiro atoms. The van der Waals surface area contributed by atoms with Crippen LogP contribution < -0.4 is 0 Å². The molecular formula is C35H56. The Bertz CT molecular complexity index is 993. The first-order chi connectivity index (χ1) is 15.4. The number of benzene rings is 2. The minimum Gasteiger partial charge on any atom is -0.0582 e. The average molecular weight is 477 g/mol. The van der Waals surface area contributed by atoms with E-state index in [1.807, 2.05) is 0 Å². The van der Waals surface area contributed by atoms with Crippen molar-refractivity contribution in [1.29, 1.82) is 0 Å². The maximum atomic E-state index is 2.53. The molecule has 0 aliphatic heterocycles. The minimum atomic E-state index is 0.0883. The summed E-state index contributed by atoms with van der Waals surface area (Å²) in [6.45, 7) is 37.9. The summed E-state index contributed by atoms with van der Waals surface area (Å²) < 4.78 is 0. The van der Waals surface area contributed by atoms with E-state index in [1.54, 1.807) is 5.56 Å². The van der Waals surface area contributed by atoms with E-state index < -0.39 is 0 Å². The average Bonchev–Trinajstić information content (AvgIpc) is 2.63. The van der Waals surface area contributed by atoms with Gasteiger partial charge < -0.3 is 0 Å². The van der Waals surface area contributed by atoms with Crippen LogP contribution in [0, 0.1) is 0 Å². The highest BCUT2D eigenvalue weighted by Gasteiger charge is 2.32. The van der Waals surface area contributed by atoms with E-state index in [2.05, 4.69) is 141 Å². The zero-order valence-electron chi connectivity index (χ0n) is 26.2. The first kappa shape index (κ1) is 29.7. The van der Waals surface area contributed by atoms with Crippen molar-refractivity contribution in [3.63, 3.8) is 0 Å². The lowest BCUT2D eigenvalue weighted by Gasteiger charge is -2.36. The molecule has 0 heteroatoms. The molecule has 0 aliphatic rings. The molecule has 0 heterocycles. The van der Waals surface area contributed by atoms with E-state index in [9.17, 15) is 0 Å². The molecule has 0 amide bonds. The molecule has 0 N–H and O–H groups in total. The van der Waals surface area contributed by atoms with Crippen LogP contribution in [0.5, 0.6) is 0 Å². The van der Waals surface area contributed by atoms with Gasteiger partial charge in [-0.2, -0.15) is 0 Å². The van der Waals surface area contributed by atoms with Gasteiger partial charge in [0.25, 0.3) is 0 Å². The van der Waals surface area contributed by atoms with Crippen molar-refractivity contribution >= 4 is 0 Å². The standard InChI is InChI=1S/C35H56/c1-23(19-24-20-25(31(2,3)4)17-18-27(24)33(8,9)10)30-28(34(11,12)13)21-26(32(5,6)7)22-29(30)35(14,15)16/h17-18,20-23H,19H2,1-16H3. The van der Waals surface area contributed by atoms with Crippen LogP contribution in [0.25, 0.3) is 0 Å². The lowest BCUT2D eigenvalue weighted by molar-refractivity contribution is 0.523. The number of hydrogen-bond donors (Lipinski definition) is 0. The van der Waals surface area contributed by atoms with E-state index >= 15 is 0 Å². The molecule has 0 saturated heterocycles. The summed E-state index contributed by atoms with van der Waals surface area (Å²) in [5.74, 6) is 0.434. The summed E-state index contributed by atoms with van der Waals surface area (Å²) in [5, 5.41) is 0. The third-order valence-electron chi connectivity index (χ3n) is 7.46. The summed E-state index contributed by atoms with van der Waals surface area (Å²) in [6, 6.07) is 12.3. The monoisotopic (exact) mass is 476 g/mol. The summed E-state index contributed by atoms with van der Waals surface area (Å²) in [7, 11) is 0. The highest BCUT2D eigenvalue weighted by Crippen LogP contribution is 2.43. The molecule has 2 rings (SSSR count). The Balaban J connectivity index is 2.83. The Hall–Kier alpha value is -1.56. The quantitative estimate of drug-likeness (QED) is 0.413. The second-order valence-corrected chi connectivity index (χ2v) is 16.2. The van der Waals surface area contributed by atoms with Gasteiger partial charge in [0.2, 0.25) is 0 Å². The molecule has 0 aliphatic carbocycles. The van der Waals surface area contributed by atoms with Crippen LogP contribution in [0.1, 0.15) is 156 Å². The van der Waals surface area contributed by atoms with Crippen LogP contribution in [0.15, 0.2) is 30.3 Å². The van der Waals surface area contributed by atoms with E-state index in [0.717, 1.165) is 6.42 Å². The molecule has 1 unspecified atom stereocenters. The van der Waals surface area contributed by atoms with E-state index in [-0.39, 0.29) is 27.1 Å². The topological polar surface area (TPSA) is 0 Å². The van der Waals surface area contributed by atoms with Crippen LogP contribution in [-0.2, 0) is 33.5 Å². The first-order valence-electron chi connectivity index (χ1n) is 13.8. The van der Waals surface area contributed by atoms with Crippen molar-refractivity contribution in [2.75, 3.05) is 0 Å². The van der Waals surface area contributed by atoms with Gasteiger partial charge >= 0.3 is 0 Å². The second kappa shape index (κ2) is 9.39. The van der Waals surface area contributed by atoms with Gasteiger partial charge in [0, 0.05) is 0 Å². The molecule has 196 valence electrons. The zero-order chi connectivity index (χ0) is 27.4. The van der Waals surface area contributed by atoms with Crippen LogP contribution in [0.4, 0.5) is 0 Å². The van der Waals surface area contributed by atoms with E-state index in [1.165, 1.54) is 33.4 Å². The smallest absolute Gasteiger partial charge is 0.0129 e. The fourth-order valence-electron chi connectivity index (χ4n) is 5.25. The minimum absolute atomic E-state index is 0.0883. The lowest BCUT2D eigenvalue weighted by Crippen LogP contribution is -2.26. The molecule has 35 heavy (non-hydrogen) atoms. The van der Waals surface area contributed by atoms with Crippen molar-refractivity contribution in [2.45, 2.75) is 150 Å². The molecule has 0 nitrogen and oxygen atoms in total. The van der Waals surface area contributed by atoms with Crippen LogP contribution >= 0.6 is 0 Å². The first-order valence-corrected chi connectivity index (χ1v) is 13.8. The highest BCUT2D eigenvalue weighted by atomic mass is 14.4. The SMILES string of the molecule is CC(Cc1cc(C(C)(C)C)ccc1C(C)(C)C)c1c(C(C)(C)C)cc(C(C)(C)C)cc1C(C)(C)C. The zero-order valence-corrected chi connectivity index (χ0v) is 26.2. The van der Waals surface area contributed by atoms with Crippen molar-refractivity contribution in [3.05, 3.63) is 69.3 Å². The fourth-order valence-corrected chi connectivity index (χ4v) is 5.25. The largest absolute Gasteiger partial charge is 0.0582 e. The normalized spacial score (nSPS) is 14.9. The van der Waals surface area contributed by atoms with Gasteiger partial charge in [0.05, 0.1) is 0 Å². The highest BCUT2D eigenvalue weighted by molar-refractivity contribution is 5.50. The van der Waals surface area contributed by atoms with Crippen LogP contribution in [0.3, 0.4) is 0 Å². The predicted molar refractivity (Wildman–Crippen MR) is 159 cm³/mol. The third kappa shape index (κ3) is 7.02. The van der Waals surface area contributed by atoms with Gasteiger partial charge in [0.15, 0.2) is 0 Å². The van der Waals surface area contributed by atoms with Crippen LogP contribution in [-0.4, -0.2) is 0 Å². The molecule has 2 aromatic rings. The Labute approximate surface area is 219 Å². The van der Waals surface area contributed by atoms with E-state index in [4.69, 9.17) is 0 Å². The second-order valence-electron chi connectivity index (χ2n) is 16.2. The summed E-state index contributed by atoms with van der Waals surface area (Å²) >= 11 is 0. The summed E-state index contributed by atoms with van der Waals surface area (Å²) in [5.41, 5.74) is 11.1. The molecular weight excluding hydrogens is 420 g/mol. The fraction of sp³-hybridized carbons (Fsp3) is 0.657. The van der Waals surface area contributed by atoms with Crippen molar-refractivity contribution < 1.29 is 0 Å². The van der Waals surface area contributed by atoms with Crippen molar-refractivity contribution in [2.24, 2.45) is 0 Å². The summed E-state index contributed by atoms with van der Waals surface area (Å²) in [6.07, 6.45) is 1.07. The van der Waals surface area contributed by atoms with Gasteiger partial charge in [-0.25, -0.2) is 0 Å². The van der Waals surface area contributed by atoms with Gasteiger partial charge in [0.1, 0.15) is 0 Å². The molecule has 0 aromatic heterocycles. The van der Waals surface area contributed by atoms with Crippen molar-refractivity contribution in [3.8, 4) is 0 Å². The van der Waals surface area contributed by atoms with Gasteiger partial charge in [-0.1, -0.05) is 141 Å². The lowest BCUT2D eigenvalue weighted by atomic mass is 9.68. The Morgan fingerprint density at radius 3 is 1.23 bits per heavy atom. The van der Waals surface area contributed by atoms with Gasteiger partial charge in [-0.15, -0.1) is 0 Å². The number of rotatable bonds is 3. The Morgan fingerprint density at radius 1 is 0.486 bits per heavy atom. The van der Waals surface area contributed by atoms with E-state index in [0.29, 0.717) is 5.92 Å². The molecule has 0 saturated carbocycles. The molecule has 1 atom stereocenters. The molecule has 0 radical (unpaired) electrons. The third-order valence-corrected chi connectivity index (χ3v) is 7.46. The molecule has 0 fully saturated rings. The van der Waals surface area contributed by atoms with Gasteiger partial charge in [-0.3, -0.25) is 0 Å². The predicted octanol–water partition coefficient (Wildman–Crippen LogP) is 10.5. The molecule has 0 bridgehead atoms. The molecule has 2 aromatic carbocycles. The van der Waals surface area contributed by atoms with Crippen molar-refractivity contribution in [1.82, 2.24) is 0 Å². The Morgan fingerprint density at radius 2 is 0.886 bits per heavy atom. The number of hydrogen-bond acceptors (Lipinski definition) is 0. The maximum Gasteiger partial charge on any atom is -0.0129 e. The van der Waals surface area contributed by atoms with Gasteiger partial charge in [-0.05, 0) is 78.4 Å². The maximum absolute atomic E-state index is 2.53. The summed E-state index contributed by atoms with van der Waals surface area (Å²) in [4.78, 5) is 0. The van der Waals surface area contributed by atoms with Crippen LogP contribution in [0.2, 0.25) is 0 Å². The Kier molecular flexibility index (Phi) is 7.96.